The molecule has 2 aromatic rings. The second kappa shape index (κ2) is 4.46. The molecule has 0 aliphatic rings. The van der Waals surface area contributed by atoms with Gasteiger partial charge in [0.15, 0.2) is 5.16 Å². The Labute approximate surface area is 94.7 Å². The molecule has 4 nitrogen and oxygen atoms in total. The number of aromatic amines is 1. The van der Waals surface area contributed by atoms with Crippen LogP contribution in [0, 0.1) is 0 Å². The number of pyridine rings is 1. The molecular weight excluding hydrogens is 234 g/mol. The molecule has 1 N–H and O–H groups in total. The van der Waals surface area contributed by atoms with Crippen molar-refractivity contribution in [2.45, 2.75) is 10.2 Å². The second-order valence-corrected chi connectivity index (χ2v) is 4.04. The third-order valence-electron chi connectivity index (χ3n) is 1.54. The molecule has 0 fully saturated rings. The van der Waals surface area contributed by atoms with Gasteiger partial charge in [-0.2, -0.15) is 0 Å². The van der Waals surface area contributed by atoms with Crippen LogP contribution < -0.4 is 5.56 Å². The van der Waals surface area contributed by atoms with E-state index >= 15 is 0 Å². The fraction of sp³-hybridized carbons (Fsp3) is 0. The van der Waals surface area contributed by atoms with E-state index in [-0.39, 0.29) is 5.56 Å². The van der Waals surface area contributed by atoms with Crippen LogP contribution in [-0.2, 0) is 0 Å². The van der Waals surface area contributed by atoms with Crippen molar-refractivity contribution < 1.29 is 0 Å². The van der Waals surface area contributed by atoms with Gasteiger partial charge in [0.2, 0.25) is 0 Å². The Morgan fingerprint density at radius 2 is 2.20 bits per heavy atom. The number of H-pyrrole nitrogens is 1. The van der Waals surface area contributed by atoms with Crippen LogP contribution in [0.25, 0.3) is 0 Å². The first-order valence-electron chi connectivity index (χ1n) is 4.10. The summed E-state index contributed by atoms with van der Waals surface area (Å²) >= 11 is 6.98. The Morgan fingerprint density at radius 3 is 2.93 bits per heavy atom. The molecule has 0 aromatic carbocycles. The van der Waals surface area contributed by atoms with Crippen molar-refractivity contribution in [3.63, 3.8) is 0 Å². The largest absolute Gasteiger partial charge is 0.301 e. The summed E-state index contributed by atoms with van der Waals surface area (Å²) in [6.07, 6.45) is 1.45. The highest BCUT2D eigenvalue weighted by atomic mass is 35.5. The molecule has 6 heteroatoms. The minimum Gasteiger partial charge on any atom is -0.301 e. The van der Waals surface area contributed by atoms with Gasteiger partial charge in [-0.25, -0.2) is 9.97 Å². The predicted molar refractivity (Wildman–Crippen MR) is 58.2 cm³/mol. The molecule has 0 amide bonds. The zero-order valence-corrected chi connectivity index (χ0v) is 9.05. The molecule has 0 saturated heterocycles. The Kier molecular flexibility index (Phi) is 3.03. The van der Waals surface area contributed by atoms with E-state index in [9.17, 15) is 4.79 Å². The summed E-state index contributed by atoms with van der Waals surface area (Å²) in [4.78, 5) is 21.6. The van der Waals surface area contributed by atoms with Crippen LogP contribution in [0.2, 0.25) is 5.15 Å². The molecule has 0 unspecified atom stereocenters. The van der Waals surface area contributed by atoms with Gasteiger partial charge in [0, 0.05) is 12.3 Å². The fourth-order valence-electron chi connectivity index (χ4n) is 0.949. The number of hydrogen-bond acceptors (Lipinski definition) is 4. The molecule has 0 saturated carbocycles. The molecule has 2 heterocycles. The van der Waals surface area contributed by atoms with Gasteiger partial charge in [0.1, 0.15) is 10.2 Å². The summed E-state index contributed by atoms with van der Waals surface area (Å²) < 4.78 is 0. The smallest absolute Gasteiger partial charge is 0.251 e. The van der Waals surface area contributed by atoms with Gasteiger partial charge in [0.25, 0.3) is 5.56 Å². The molecule has 0 aliphatic heterocycles. The number of aromatic nitrogens is 3. The quantitative estimate of drug-likeness (QED) is 0.643. The highest BCUT2D eigenvalue weighted by Gasteiger charge is 2.01. The number of nitrogens with zero attached hydrogens (tertiary/aromatic N) is 2. The minimum absolute atomic E-state index is 0.186. The second-order valence-electron chi connectivity index (χ2n) is 2.64. The highest BCUT2D eigenvalue weighted by Crippen LogP contribution is 2.22. The zero-order valence-electron chi connectivity index (χ0n) is 7.48. The first-order chi connectivity index (χ1) is 7.24. The first-order valence-corrected chi connectivity index (χ1v) is 5.29. The van der Waals surface area contributed by atoms with Crippen molar-refractivity contribution in [3.05, 3.63) is 46.0 Å². The summed E-state index contributed by atoms with van der Waals surface area (Å²) in [5, 5.41) is 1.60. The van der Waals surface area contributed by atoms with Crippen LogP contribution in [0.1, 0.15) is 0 Å². The van der Waals surface area contributed by atoms with E-state index in [0.717, 1.165) is 0 Å². The van der Waals surface area contributed by atoms with Crippen molar-refractivity contribution >= 4 is 23.4 Å². The third kappa shape index (κ3) is 2.81. The zero-order chi connectivity index (χ0) is 10.7. The molecular formula is C9H6ClN3OS. The fourth-order valence-corrected chi connectivity index (χ4v) is 1.92. The molecule has 0 atom stereocenters. The van der Waals surface area contributed by atoms with Crippen molar-refractivity contribution in [3.8, 4) is 0 Å². The van der Waals surface area contributed by atoms with E-state index in [4.69, 9.17) is 11.6 Å². The van der Waals surface area contributed by atoms with Crippen LogP contribution in [-0.4, -0.2) is 15.0 Å². The van der Waals surface area contributed by atoms with E-state index in [0.29, 0.717) is 15.3 Å². The van der Waals surface area contributed by atoms with Crippen molar-refractivity contribution in [1.29, 1.82) is 0 Å². The SMILES string of the molecule is O=c1ccnc(Sc2cccc(Cl)n2)[nH]1. The van der Waals surface area contributed by atoms with Gasteiger partial charge in [0.05, 0.1) is 0 Å². The normalized spacial score (nSPS) is 10.2. The average Bonchev–Trinajstić information content (AvgIpc) is 2.17. The molecule has 0 radical (unpaired) electrons. The predicted octanol–water partition coefficient (Wildman–Crippen LogP) is 1.97. The number of rotatable bonds is 2. The van der Waals surface area contributed by atoms with Crippen molar-refractivity contribution in [1.82, 2.24) is 15.0 Å². The van der Waals surface area contributed by atoms with Crippen LogP contribution in [0.15, 0.2) is 45.4 Å². The average molecular weight is 240 g/mol. The topological polar surface area (TPSA) is 58.6 Å². The van der Waals surface area contributed by atoms with Gasteiger partial charge in [-0.1, -0.05) is 17.7 Å². The van der Waals surface area contributed by atoms with Crippen LogP contribution >= 0.6 is 23.4 Å². The lowest BCUT2D eigenvalue weighted by Crippen LogP contribution is -2.05. The molecule has 15 heavy (non-hydrogen) atoms. The number of hydrogen-bond donors (Lipinski definition) is 1. The maximum Gasteiger partial charge on any atom is 0.251 e. The molecule has 0 aliphatic carbocycles. The summed E-state index contributed by atoms with van der Waals surface area (Å²) in [6, 6.07) is 6.63. The summed E-state index contributed by atoms with van der Waals surface area (Å²) in [5.74, 6) is 0. The van der Waals surface area contributed by atoms with E-state index in [1.165, 1.54) is 24.0 Å². The lowest BCUT2D eigenvalue weighted by molar-refractivity contribution is 0.932. The Hall–Kier alpha value is -1.33. The molecule has 0 bridgehead atoms. The maximum atomic E-state index is 11.0. The van der Waals surface area contributed by atoms with Gasteiger partial charge < -0.3 is 4.98 Å². The molecule has 0 spiro atoms. The molecule has 2 rings (SSSR count). The monoisotopic (exact) mass is 239 g/mol. The Balaban J connectivity index is 2.26. The third-order valence-corrected chi connectivity index (χ3v) is 2.59. The Bertz CT molecular complexity index is 529. The van der Waals surface area contributed by atoms with Crippen molar-refractivity contribution in [2.24, 2.45) is 0 Å². The highest BCUT2D eigenvalue weighted by molar-refractivity contribution is 7.99. The van der Waals surface area contributed by atoms with Gasteiger partial charge in [-0.05, 0) is 23.9 Å². The van der Waals surface area contributed by atoms with E-state index in [1.54, 1.807) is 18.2 Å². The van der Waals surface area contributed by atoms with E-state index in [2.05, 4.69) is 15.0 Å². The van der Waals surface area contributed by atoms with Crippen LogP contribution in [0.5, 0.6) is 0 Å². The molecule has 2 aromatic heterocycles. The Morgan fingerprint density at radius 1 is 1.33 bits per heavy atom. The van der Waals surface area contributed by atoms with Crippen LogP contribution in [0.3, 0.4) is 0 Å². The number of nitrogens with one attached hydrogen (secondary N) is 1. The van der Waals surface area contributed by atoms with Gasteiger partial charge in [-0.15, -0.1) is 0 Å². The summed E-state index contributed by atoms with van der Waals surface area (Å²) in [7, 11) is 0. The lowest BCUT2D eigenvalue weighted by Gasteiger charge is -1.98. The summed E-state index contributed by atoms with van der Waals surface area (Å²) in [6.45, 7) is 0. The standard InChI is InChI=1S/C9H6ClN3OS/c10-6-2-1-3-8(12-6)15-9-11-5-4-7(14)13-9/h1-5H,(H,11,13,14). The van der Waals surface area contributed by atoms with Crippen LogP contribution in [0.4, 0.5) is 0 Å². The summed E-state index contributed by atoms with van der Waals surface area (Å²) in [5.41, 5.74) is -0.186. The van der Waals surface area contributed by atoms with Gasteiger partial charge in [-0.3, -0.25) is 4.79 Å². The van der Waals surface area contributed by atoms with E-state index in [1.807, 2.05) is 0 Å². The molecule has 76 valence electrons. The lowest BCUT2D eigenvalue weighted by atomic mass is 10.5. The maximum absolute atomic E-state index is 11.0. The van der Waals surface area contributed by atoms with Gasteiger partial charge >= 0.3 is 0 Å². The first kappa shape index (κ1) is 10.2. The number of halogens is 1. The minimum atomic E-state index is -0.186. The van der Waals surface area contributed by atoms with E-state index < -0.39 is 0 Å². The van der Waals surface area contributed by atoms with Crippen molar-refractivity contribution in [2.75, 3.05) is 0 Å².